The SMILES string of the molecule is O=[N+]([O-])c1cc(Oc2ccc(Cl)cc2)cc(F)c1Br. The third-order valence-electron chi connectivity index (χ3n) is 2.23. The van der Waals surface area contributed by atoms with Crippen molar-refractivity contribution in [1.29, 1.82) is 0 Å². The Hall–Kier alpha value is -1.66. The van der Waals surface area contributed by atoms with Crippen LogP contribution < -0.4 is 4.74 Å². The molecule has 0 aliphatic heterocycles. The van der Waals surface area contributed by atoms with E-state index in [1.165, 1.54) is 0 Å². The van der Waals surface area contributed by atoms with Gasteiger partial charge in [-0.15, -0.1) is 0 Å². The van der Waals surface area contributed by atoms with Crippen LogP contribution in [-0.2, 0) is 0 Å². The summed E-state index contributed by atoms with van der Waals surface area (Å²) in [4.78, 5) is 10.1. The van der Waals surface area contributed by atoms with E-state index in [2.05, 4.69) is 15.9 Å². The minimum Gasteiger partial charge on any atom is -0.457 e. The fourth-order valence-corrected chi connectivity index (χ4v) is 1.88. The van der Waals surface area contributed by atoms with Crippen LogP contribution >= 0.6 is 27.5 Å². The lowest BCUT2D eigenvalue weighted by atomic mass is 10.3. The first-order valence-corrected chi connectivity index (χ1v) is 6.21. The molecule has 0 saturated carbocycles. The molecular formula is C12H6BrClFNO3. The first-order valence-electron chi connectivity index (χ1n) is 5.04. The Bertz CT molecular complexity index is 634. The van der Waals surface area contributed by atoms with E-state index in [4.69, 9.17) is 16.3 Å². The van der Waals surface area contributed by atoms with Crippen molar-refractivity contribution in [3.63, 3.8) is 0 Å². The van der Waals surface area contributed by atoms with Gasteiger partial charge in [-0.05, 0) is 40.2 Å². The van der Waals surface area contributed by atoms with Gasteiger partial charge in [0.1, 0.15) is 21.8 Å². The van der Waals surface area contributed by atoms with Crippen LogP contribution in [0.2, 0.25) is 5.02 Å². The van der Waals surface area contributed by atoms with Gasteiger partial charge < -0.3 is 4.74 Å². The summed E-state index contributed by atoms with van der Waals surface area (Å²) in [6.07, 6.45) is 0. The molecule has 2 aromatic rings. The quantitative estimate of drug-likeness (QED) is 0.584. The first kappa shape index (κ1) is 13.8. The topological polar surface area (TPSA) is 52.4 Å². The van der Waals surface area contributed by atoms with Gasteiger partial charge in [0.2, 0.25) is 0 Å². The standard InChI is InChI=1S/C12H6BrClFNO3/c13-12-10(15)5-9(6-11(12)16(17)18)19-8-3-1-7(14)2-4-8/h1-6H. The van der Waals surface area contributed by atoms with Crippen LogP contribution in [0.25, 0.3) is 0 Å². The largest absolute Gasteiger partial charge is 0.457 e. The first-order chi connectivity index (χ1) is 8.97. The highest BCUT2D eigenvalue weighted by Crippen LogP contribution is 2.34. The molecule has 2 aromatic carbocycles. The van der Waals surface area contributed by atoms with Crippen LogP contribution in [0.15, 0.2) is 40.9 Å². The lowest BCUT2D eigenvalue weighted by Crippen LogP contribution is -1.94. The summed E-state index contributed by atoms with van der Waals surface area (Å²) in [5, 5.41) is 11.3. The van der Waals surface area contributed by atoms with Crippen molar-refractivity contribution in [2.45, 2.75) is 0 Å². The number of rotatable bonds is 3. The van der Waals surface area contributed by atoms with Gasteiger partial charge in [0.05, 0.1) is 11.0 Å². The van der Waals surface area contributed by atoms with Crippen LogP contribution in [0.5, 0.6) is 11.5 Å². The number of nitrogens with zero attached hydrogens (tertiary/aromatic N) is 1. The van der Waals surface area contributed by atoms with E-state index in [-0.39, 0.29) is 10.2 Å². The van der Waals surface area contributed by atoms with Gasteiger partial charge in [0.25, 0.3) is 5.69 Å². The molecule has 0 radical (unpaired) electrons. The molecule has 19 heavy (non-hydrogen) atoms. The predicted molar refractivity (Wildman–Crippen MR) is 72.3 cm³/mol. The zero-order valence-electron chi connectivity index (χ0n) is 9.27. The van der Waals surface area contributed by atoms with Crippen LogP contribution in [-0.4, -0.2) is 4.92 Å². The molecule has 0 spiro atoms. The van der Waals surface area contributed by atoms with E-state index in [9.17, 15) is 14.5 Å². The van der Waals surface area contributed by atoms with Gasteiger partial charge in [0.15, 0.2) is 0 Å². The molecule has 0 N–H and O–H groups in total. The van der Waals surface area contributed by atoms with Crippen molar-refractivity contribution >= 4 is 33.2 Å². The van der Waals surface area contributed by atoms with Crippen molar-refractivity contribution in [2.24, 2.45) is 0 Å². The number of hydrogen-bond donors (Lipinski definition) is 0. The molecule has 0 aliphatic rings. The summed E-state index contributed by atoms with van der Waals surface area (Å²) in [5.41, 5.74) is -0.399. The van der Waals surface area contributed by atoms with E-state index in [0.717, 1.165) is 12.1 Å². The van der Waals surface area contributed by atoms with Crippen LogP contribution in [0, 0.1) is 15.9 Å². The summed E-state index contributed by atoms with van der Waals surface area (Å²) < 4.78 is 18.6. The fourth-order valence-electron chi connectivity index (χ4n) is 1.38. The van der Waals surface area contributed by atoms with Gasteiger partial charge in [-0.25, -0.2) is 4.39 Å². The van der Waals surface area contributed by atoms with Crippen molar-refractivity contribution in [1.82, 2.24) is 0 Å². The van der Waals surface area contributed by atoms with Gasteiger partial charge in [-0.3, -0.25) is 10.1 Å². The maximum Gasteiger partial charge on any atom is 0.290 e. The molecule has 0 aliphatic carbocycles. The normalized spacial score (nSPS) is 10.3. The number of nitro groups is 1. The Morgan fingerprint density at radius 2 is 1.84 bits per heavy atom. The monoisotopic (exact) mass is 345 g/mol. The van der Waals surface area contributed by atoms with E-state index in [1.54, 1.807) is 24.3 Å². The number of hydrogen-bond acceptors (Lipinski definition) is 3. The lowest BCUT2D eigenvalue weighted by Gasteiger charge is -2.06. The number of ether oxygens (including phenoxy) is 1. The van der Waals surface area contributed by atoms with Crippen LogP contribution in [0.3, 0.4) is 0 Å². The Balaban J connectivity index is 2.35. The third kappa shape index (κ3) is 3.21. The zero-order valence-corrected chi connectivity index (χ0v) is 11.6. The molecular weight excluding hydrogens is 340 g/mol. The summed E-state index contributed by atoms with van der Waals surface area (Å²) in [6, 6.07) is 8.55. The second-order valence-electron chi connectivity index (χ2n) is 3.55. The molecule has 0 fully saturated rings. The highest BCUT2D eigenvalue weighted by molar-refractivity contribution is 9.10. The number of halogens is 3. The smallest absolute Gasteiger partial charge is 0.290 e. The summed E-state index contributed by atoms with van der Waals surface area (Å²) in [7, 11) is 0. The van der Waals surface area contributed by atoms with Gasteiger partial charge in [-0.1, -0.05) is 11.6 Å². The van der Waals surface area contributed by atoms with Crippen molar-refractivity contribution in [3.8, 4) is 11.5 Å². The summed E-state index contributed by atoms with van der Waals surface area (Å²) in [5.74, 6) is -0.326. The van der Waals surface area contributed by atoms with Crippen LogP contribution in [0.4, 0.5) is 10.1 Å². The molecule has 0 bridgehead atoms. The van der Waals surface area contributed by atoms with Gasteiger partial charge in [0, 0.05) is 11.1 Å². The predicted octanol–water partition coefficient (Wildman–Crippen LogP) is 4.94. The Morgan fingerprint density at radius 3 is 2.42 bits per heavy atom. The van der Waals surface area contributed by atoms with E-state index >= 15 is 0 Å². The minimum atomic E-state index is -0.766. The Labute approximate surface area is 121 Å². The average Bonchev–Trinajstić information content (AvgIpc) is 2.36. The molecule has 7 heteroatoms. The van der Waals surface area contributed by atoms with E-state index in [0.29, 0.717) is 10.8 Å². The number of benzene rings is 2. The fraction of sp³-hybridized carbons (Fsp3) is 0. The minimum absolute atomic E-state index is 0.0368. The maximum absolute atomic E-state index is 13.5. The van der Waals surface area contributed by atoms with Crippen molar-refractivity contribution < 1.29 is 14.1 Å². The molecule has 0 heterocycles. The average molecular weight is 347 g/mol. The zero-order chi connectivity index (χ0) is 14.0. The lowest BCUT2D eigenvalue weighted by molar-refractivity contribution is -0.385. The Morgan fingerprint density at radius 1 is 1.21 bits per heavy atom. The molecule has 0 aromatic heterocycles. The molecule has 4 nitrogen and oxygen atoms in total. The molecule has 0 amide bonds. The second-order valence-corrected chi connectivity index (χ2v) is 4.78. The molecule has 0 unspecified atom stereocenters. The summed E-state index contributed by atoms with van der Waals surface area (Å²) >= 11 is 8.54. The van der Waals surface area contributed by atoms with E-state index < -0.39 is 16.4 Å². The highest BCUT2D eigenvalue weighted by atomic mass is 79.9. The van der Waals surface area contributed by atoms with Crippen molar-refractivity contribution in [2.75, 3.05) is 0 Å². The molecule has 0 saturated heterocycles. The number of nitro benzene ring substituents is 1. The van der Waals surface area contributed by atoms with Crippen molar-refractivity contribution in [3.05, 3.63) is 61.8 Å². The van der Waals surface area contributed by atoms with Gasteiger partial charge in [-0.2, -0.15) is 0 Å². The highest BCUT2D eigenvalue weighted by Gasteiger charge is 2.18. The molecule has 0 atom stereocenters. The molecule has 98 valence electrons. The Kier molecular flexibility index (Phi) is 4.01. The second kappa shape index (κ2) is 5.54. The summed E-state index contributed by atoms with van der Waals surface area (Å²) in [6.45, 7) is 0. The van der Waals surface area contributed by atoms with E-state index in [1.807, 2.05) is 0 Å². The maximum atomic E-state index is 13.5. The van der Waals surface area contributed by atoms with Gasteiger partial charge >= 0.3 is 0 Å². The van der Waals surface area contributed by atoms with Crippen LogP contribution in [0.1, 0.15) is 0 Å². The third-order valence-corrected chi connectivity index (χ3v) is 3.27. The molecule has 2 rings (SSSR count).